The molecule has 1 aromatic carbocycles. The molecule has 1 fully saturated rings. The number of amides is 2. The maximum absolute atomic E-state index is 12.5. The molecule has 2 aliphatic rings. The molecule has 0 bridgehead atoms. The topological polar surface area (TPSA) is 72.6 Å². The first-order valence-corrected chi connectivity index (χ1v) is 6.40. The number of imide groups is 1. The normalized spacial score (nSPS) is 26.7. The second kappa shape index (κ2) is 4.06. The molecule has 0 aliphatic carbocycles. The minimum atomic E-state index is -0.572. The standard InChI is InChI=1S/C14H16N2O3/c1-14(6-3-7-19-8-14)16-12(17)9-4-2-5-10(15)11(9)13(16)18/h2,4-5H,3,6-8,15H2,1H3. The van der Waals surface area contributed by atoms with Crippen molar-refractivity contribution in [2.24, 2.45) is 0 Å². The van der Waals surface area contributed by atoms with Crippen molar-refractivity contribution < 1.29 is 14.3 Å². The lowest BCUT2D eigenvalue weighted by Gasteiger charge is -2.39. The summed E-state index contributed by atoms with van der Waals surface area (Å²) >= 11 is 0. The Balaban J connectivity index is 2.05. The third-order valence-corrected chi connectivity index (χ3v) is 3.90. The van der Waals surface area contributed by atoms with Crippen LogP contribution in [0.15, 0.2) is 18.2 Å². The number of benzene rings is 1. The average Bonchev–Trinajstić information content (AvgIpc) is 2.64. The van der Waals surface area contributed by atoms with Crippen LogP contribution in [0.2, 0.25) is 0 Å². The van der Waals surface area contributed by atoms with Crippen molar-refractivity contribution >= 4 is 17.5 Å². The number of nitrogen functional groups attached to an aromatic ring is 1. The number of nitrogens with zero attached hydrogens (tertiary/aromatic N) is 1. The van der Waals surface area contributed by atoms with Gasteiger partial charge in [0.2, 0.25) is 0 Å². The molecule has 0 spiro atoms. The van der Waals surface area contributed by atoms with Crippen molar-refractivity contribution in [1.82, 2.24) is 4.90 Å². The van der Waals surface area contributed by atoms with Crippen molar-refractivity contribution in [1.29, 1.82) is 0 Å². The Labute approximate surface area is 111 Å². The largest absolute Gasteiger partial charge is 0.398 e. The molecule has 0 aromatic heterocycles. The molecule has 2 amide bonds. The second-order valence-electron chi connectivity index (χ2n) is 5.37. The van der Waals surface area contributed by atoms with E-state index in [-0.39, 0.29) is 11.8 Å². The molecule has 1 atom stereocenters. The molecule has 19 heavy (non-hydrogen) atoms. The molecule has 2 heterocycles. The van der Waals surface area contributed by atoms with Crippen LogP contribution in [0.5, 0.6) is 0 Å². The quantitative estimate of drug-likeness (QED) is 0.612. The van der Waals surface area contributed by atoms with Crippen molar-refractivity contribution in [2.45, 2.75) is 25.3 Å². The van der Waals surface area contributed by atoms with Gasteiger partial charge in [0, 0.05) is 12.3 Å². The summed E-state index contributed by atoms with van der Waals surface area (Å²) in [5.41, 5.74) is 6.35. The highest BCUT2D eigenvalue weighted by Gasteiger charge is 2.47. The predicted molar refractivity (Wildman–Crippen MR) is 69.8 cm³/mol. The van der Waals surface area contributed by atoms with Gasteiger partial charge in [0.05, 0.1) is 23.3 Å². The van der Waals surface area contributed by atoms with Gasteiger partial charge in [-0.15, -0.1) is 0 Å². The smallest absolute Gasteiger partial charge is 0.264 e. The van der Waals surface area contributed by atoms with E-state index in [2.05, 4.69) is 0 Å². The van der Waals surface area contributed by atoms with E-state index in [0.717, 1.165) is 12.8 Å². The minimum absolute atomic E-state index is 0.264. The lowest BCUT2D eigenvalue weighted by atomic mass is 9.92. The summed E-state index contributed by atoms with van der Waals surface area (Å²) in [6, 6.07) is 4.99. The Bertz CT molecular complexity index is 562. The molecule has 2 aliphatic heterocycles. The van der Waals surface area contributed by atoms with Gasteiger partial charge in [-0.25, -0.2) is 0 Å². The van der Waals surface area contributed by atoms with E-state index in [4.69, 9.17) is 10.5 Å². The monoisotopic (exact) mass is 260 g/mol. The van der Waals surface area contributed by atoms with E-state index in [1.165, 1.54) is 4.90 Å². The van der Waals surface area contributed by atoms with Crippen LogP contribution in [0.3, 0.4) is 0 Å². The number of fused-ring (bicyclic) bond motifs is 1. The lowest BCUT2D eigenvalue weighted by molar-refractivity contribution is -0.0202. The Morgan fingerprint density at radius 2 is 2.11 bits per heavy atom. The first kappa shape index (κ1) is 12.2. The van der Waals surface area contributed by atoms with Gasteiger partial charge in [-0.1, -0.05) is 6.07 Å². The van der Waals surface area contributed by atoms with E-state index < -0.39 is 5.54 Å². The van der Waals surface area contributed by atoms with Crippen LogP contribution < -0.4 is 5.73 Å². The lowest BCUT2D eigenvalue weighted by Crippen LogP contribution is -2.54. The van der Waals surface area contributed by atoms with Gasteiger partial charge in [-0.3, -0.25) is 14.5 Å². The number of nitrogens with two attached hydrogens (primary N) is 1. The Morgan fingerprint density at radius 1 is 1.32 bits per heavy atom. The summed E-state index contributed by atoms with van der Waals surface area (Å²) in [6.45, 7) is 2.96. The fourth-order valence-corrected chi connectivity index (χ4v) is 2.90. The Hall–Kier alpha value is -1.88. The molecule has 5 heteroatoms. The molecule has 1 unspecified atom stereocenters. The SMILES string of the molecule is CC1(N2C(=O)c3cccc(N)c3C2=O)CCCOC1. The molecule has 1 aromatic rings. The summed E-state index contributed by atoms with van der Waals surface area (Å²) in [7, 11) is 0. The molecule has 100 valence electrons. The van der Waals surface area contributed by atoms with Crippen molar-refractivity contribution in [3.05, 3.63) is 29.3 Å². The number of carbonyl (C=O) groups excluding carboxylic acids is 2. The number of ether oxygens (including phenoxy) is 1. The summed E-state index contributed by atoms with van der Waals surface area (Å²) in [6.07, 6.45) is 1.61. The van der Waals surface area contributed by atoms with Crippen LogP contribution in [0.25, 0.3) is 0 Å². The van der Waals surface area contributed by atoms with Gasteiger partial charge in [0.25, 0.3) is 11.8 Å². The molecule has 0 saturated carbocycles. The zero-order chi connectivity index (χ0) is 13.6. The van der Waals surface area contributed by atoms with Crippen LogP contribution in [0.1, 0.15) is 40.5 Å². The van der Waals surface area contributed by atoms with E-state index in [0.29, 0.717) is 30.0 Å². The highest BCUT2D eigenvalue weighted by molar-refractivity contribution is 6.24. The van der Waals surface area contributed by atoms with Crippen LogP contribution >= 0.6 is 0 Å². The number of hydrogen-bond donors (Lipinski definition) is 1. The maximum Gasteiger partial charge on any atom is 0.264 e. The molecule has 0 radical (unpaired) electrons. The first-order valence-electron chi connectivity index (χ1n) is 6.40. The van der Waals surface area contributed by atoms with E-state index >= 15 is 0 Å². The molecule has 2 N–H and O–H groups in total. The first-order chi connectivity index (χ1) is 9.04. The summed E-state index contributed by atoms with van der Waals surface area (Å²) in [5, 5.41) is 0. The number of carbonyl (C=O) groups is 2. The number of rotatable bonds is 1. The van der Waals surface area contributed by atoms with E-state index in [9.17, 15) is 9.59 Å². The molecule has 3 rings (SSSR count). The minimum Gasteiger partial charge on any atom is -0.398 e. The Morgan fingerprint density at radius 3 is 2.74 bits per heavy atom. The molecular formula is C14H16N2O3. The zero-order valence-electron chi connectivity index (χ0n) is 10.8. The Kier molecular flexibility index (Phi) is 2.60. The van der Waals surface area contributed by atoms with E-state index in [1.807, 2.05) is 6.92 Å². The maximum atomic E-state index is 12.5. The fourth-order valence-electron chi connectivity index (χ4n) is 2.90. The van der Waals surface area contributed by atoms with Crippen LogP contribution in [0, 0.1) is 0 Å². The summed E-state index contributed by atoms with van der Waals surface area (Å²) in [5.74, 6) is -0.564. The number of anilines is 1. The number of hydrogen-bond acceptors (Lipinski definition) is 4. The van der Waals surface area contributed by atoms with Gasteiger partial charge in [0.15, 0.2) is 0 Å². The van der Waals surface area contributed by atoms with Crippen molar-refractivity contribution in [3.8, 4) is 0 Å². The highest BCUT2D eigenvalue weighted by atomic mass is 16.5. The molecular weight excluding hydrogens is 244 g/mol. The van der Waals surface area contributed by atoms with Gasteiger partial charge in [-0.05, 0) is 31.9 Å². The highest BCUT2D eigenvalue weighted by Crippen LogP contribution is 2.36. The van der Waals surface area contributed by atoms with Crippen molar-refractivity contribution in [3.63, 3.8) is 0 Å². The van der Waals surface area contributed by atoms with Crippen molar-refractivity contribution in [2.75, 3.05) is 18.9 Å². The van der Waals surface area contributed by atoms with Crippen LogP contribution in [-0.4, -0.2) is 35.5 Å². The van der Waals surface area contributed by atoms with Crippen LogP contribution in [0.4, 0.5) is 5.69 Å². The van der Waals surface area contributed by atoms with Gasteiger partial charge >= 0.3 is 0 Å². The molecule has 1 saturated heterocycles. The second-order valence-corrected chi connectivity index (χ2v) is 5.37. The van der Waals surface area contributed by atoms with Crippen LogP contribution in [-0.2, 0) is 4.74 Å². The van der Waals surface area contributed by atoms with Gasteiger partial charge in [-0.2, -0.15) is 0 Å². The summed E-state index contributed by atoms with van der Waals surface area (Å²) < 4.78 is 5.45. The average molecular weight is 260 g/mol. The van der Waals surface area contributed by atoms with E-state index in [1.54, 1.807) is 18.2 Å². The molecule has 5 nitrogen and oxygen atoms in total. The third kappa shape index (κ3) is 1.65. The predicted octanol–water partition coefficient (Wildman–Crippen LogP) is 1.43. The summed E-state index contributed by atoms with van der Waals surface area (Å²) in [4.78, 5) is 26.3. The zero-order valence-corrected chi connectivity index (χ0v) is 10.8. The van der Waals surface area contributed by atoms with Gasteiger partial charge in [0.1, 0.15) is 0 Å². The fraction of sp³-hybridized carbons (Fsp3) is 0.429. The third-order valence-electron chi connectivity index (χ3n) is 3.90. The van der Waals surface area contributed by atoms with Gasteiger partial charge < -0.3 is 10.5 Å².